The van der Waals surface area contributed by atoms with Gasteiger partial charge in [-0.15, -0.1) is 0 Å². The summed E-state index contributed by atoms with van der Waals surface area (Å²) in [6.07, 6.45) is -0.948. The zero-order valence-corrected chi connectivity index (χ0v) is 26.7. The molecule has 248 valence electrons. The molecule has 0 amide bonds. The van der Waals surface area contributed by atoms with E-state index in [1.165, 1.54) is 12.3 Å². The molecule has 1 unspecified atom stereocenters. The van der Waals surface area contributed by atoms with E-state index in [-0.39, 0.29) is 40.1 Å². The summed E-state index contributed by atoms with van der Waals surface area (Å²) in [6.45, 7) is 3.53. The third-order valence-corrected chi connectivity index (χ3v) is 11.6. The number of hydrogen-bond donors (Lipinski definition) is 1. The number of aromatic amines is 1. The Morgan fingerprint density at radius 2 is 1.89 bits per heavy atom. The van der Waals surface area contributed by atoms with Gasteiger partial charge in [0.1, 0.15) is 5.82 Å². The first-order valence-electron chi connectivity index (χ1n) is 15.2. The summed E-state index contributed by atoms with van der Waals surface area (Å²) >= 11 is 5.95. The normalized spacial score (nSPS) is 22.7. The first-order valence-corrected chi connectivity index (χ1v) is 17.3. The molecule has 0 radical (unpaired) electrons. The maximum absolute atomic E-state index is 14.8. The van der Waals surface area contributed by atoms with E-state index in [9.17, 15) is 26.0 Å². The van der Waals surface area contributed by atoms with Crippen LogP contribution in [-0.2, 0) is 34.8 Å². The highest BCUT2D eigenvalue weighted by Crippen LogP contribution is 2.50. The lowest BCUT2D eigenvalue weighted by atomic mass is 9.88. The van der Waals surface area contributed by atoms with Crippen LogP contribution in [0, 0.1) is 5.82 Å². The highest BCUT2D eigenvalue weighted by atomic mass is 35.5. The molecule has 2 aromatic heterocycles. The molecular weight excluding hydrogens is 662 g/mol. The number of nitrogens with one attached hydrogen (secondary N) is 1. The number of aromatic nitrogens is 4. The van der Waals surface area contributed by atoms with Gasteiger partial charge in [0.05, 0.1) is 22.3 Å². The van der Waals surface area contributed by atoms with Crippen molar-refractivity contribution in [1.29, 1.82) is 0 Å². The molecule has 2 fully saturated rings. The van der Waals surface area contributed by atoms with E-state index in [2.05, 4.69) is 20.0 Å². The maximum Gasteiger partial charge on any atom is 0.451 e. The lowest BCUT2D eigenvalue weighted by Gasteiger charge is -2.33. The van der Waals surface area contributed by atoms with Crippen LogP contribution in [0.3, 0.4) is 0 Å². The van der Waals surface area contributed by atoms with Gasteiger partial charge in [0, 0.05) is 35.8 Å². The second-order valence-corrected chi connectivity index (χ2v) is 15.2. The minimum Gasteiger partial charge on any atom is -0.444 e. The molecule has 0 aliphatic carbocycles. The van der Waals surface area contributed by atoms with Gasteiger partial charge in [-0.3, -0.25) is 15.0 Å². The predicted molar refractivity (Wildman–Crippen MR) is 164 cm³/mol. The second-order valence-electron chi connectivity index (χ2n) is 12.3. The summed E-state index contributed by atoms with van der Waals surface area (Å²) < 4.78 is 91.3. The Labute approximate surface area is 273 Å². The SMILES string of the molecule is C[C@]1(c2ccc(Cl)cc2F)Oc2cccc(C3CCN(Cc4ncc(-c5n[nH]c(C(F)(F)F)n5)cc4CC4CCS4(=O)=O)CC3)c2O1. The lowest BCUT2D eigenvalue weighted by Crippen LogP contribution is -2.38. The van der Waals surface area contributed by atoms with Gasteiger partial charge in [0.25, 0.3) is 5.79 Å². The van der Waals surface area contributed by atoms with Gasteiger partial charge < -0.3 is 9.47 Å². The number of piperidine rings is 1. The van der Waals surface area contributed by atoms with Gasteiger partial charge in [-0.05, 0) is 80.6 Å². The van der Waals surface area contributed by atoms with Crippen molar-refractivity contribution in [2.75, 3.05) is 18.8 Å². The third-order valence-electron chi connectivity index (χ3n) is 9.18. The number of alkyl halides is 3. The zero-order valence-electron chi connectivity index (χ0n) is 25.2. The minimum atomic E-state index is -4.68. The topological polar surface area (TPSA) is 110 Å². The molecule has 47 heavy (non-hydrogen) atoms. The third kappa shape index (κ3) is 6.18. The van der Waals surface area contributed by atoms with Crippen molar-refractivity contribution in [1.82, 2.24) is 25.1 Å². The first kappa shape index (κ1) is 31.8. The van der Waals surface area contributed by atoms with Crippen LogP contribution in [0.4, 0.5) is 17.6 Å². The molecule has 0 bridgehead atoms. The van der Waals surface area contributed by atoms with Crippen molar-refractivity contribution in [2.45, 2.75) is 62.3 Å². The van der Waals surface area contributed by atoms with E-state index in [0.29, 0.717) is 48.8 Å². The van der Waals surface area contributed by atoms with Crippen molar-refractivity contribution >= 4 is 21.4 Å². The number of pyridine rings is 1. The summed E-state index contributed by atoms with van der Waals surface area (Å²) in [5, 5.41) is 5.34. The van der Waals surface area contributed by atoms with Crippen LogP contribution in [-0.4, -0.2) is 57.6 Å². The van der Waals surface area contributed by atoms with Gasteiger partial charge >= 0.3 is 6.18 Å². The minimum absolute atomic E-state index is 0.120. The largest absolute Gasteiger partial charge is 0.451 e. The Morgan fingerprint density at radius 3 is 2.55 bits per heavy atom. The quantitative estimate of drug-likeness (QED) is 0.221. The highest BCUT2D eigenvalue weighted by molar-refractivity contribution is 7.93. The Morgan fingerprint density at radius 1 is 1.11 bits per heavy atom. The number of fused-ring (bicyclic) bond motifs is 1. The Bertz CT molecular complexity index is 1950. The monoisotopic (exact) mass is 691 g/mol. The van der Waals surface area contributed by atoms with Gasteiger partial charge in [-0.2, -0.15) is 18.3 Å². The maximum atomic E-state index is 14.8. The Hall–Kier alpha value is -3.75. The molecule has 1 N–H and O–H groups in total. The molecule has 0 saturated carbocycles. The number of rotatable bonds is 7. The van der Waals surface area contributed by atoms with E-state index in [1.54, 1.807) is 31.2 Å². The second kappa shape index (κ2) is 11.7. The molecule has 7 rings (SSSR count). The Kier molecular flexibility index (Phi) is 7.95. The molecule has 2 saturated heterocycles. The average molecular weight is 692 g/mol. The summed E-state index contributed by atoms with van der Waals surface area (Å²) in [4.78, 5) is 10.4. The average Bonchev–Trinajstić information content (AvgIpc) is 3.66. The Balaban J connectivity index is 1.07. The van der Waals surface area contributed by atoms with Crippen LogP contribution in [0.1, 0.15) is 60.3 Å². The molecule has 5 heterocycles. The van der Waals surface area contributed by atoms with Gasteiger partial charge in [0.2, 0.25) is 5.82 Å². The van der Waals surface area contributed by atoms with E-state index in [0.717, 1.165) is 18.4 Å². The fourth-order valence-corrected chi connectivity index (χ4v) is 8.05. The molecule has 15 heteroatoms. The fraction of sp³-hybridized carbons (Fsp3) is 0.406. The summed E-state index contributed by atoms with van der Waals surface area (Å²) in [5.41, 5.74) is 2.81. The molecule has 3 aliphatic heterocycles. The van der Waals surface area contributed by atoms with Crippen LogP contribution >= 0.6 is 11.6 Å². The smallest absolute Gasteiger partial charge is 0.444 e. The number of H-pyrrole nitrogens is 1. The first-order chi connectivity index (χ1) is 22.3. The molecular formula is C32H30ClF4N5O4S. The van der Waals surface area contributed by atoms with Crippen molar-refractivity contribution in [3.05, 3.63) is 87.7 Å². The molecule has 4 aromatic rings. The lowest BCUT2D eigenvalue weighted by molar-refractivity contribution is -0.144. The van der Waals surface area contributed by atoms with Crippen molar-refractivity contribution in [3.8, 4) is 22.9 Å². The van der Waals surface area contributed by atoms with Crippen molar-refractivity contribution in [2.24, 2.45) is 0 Å². The van der Waals surface area contributed by atoms with Crippen LogP contribution in [0.25, 0.3) is 11.4 Å². The number of sulfone groups is 1. The standard InChI is InChI=1S/C32H30ClF4N5O4S/c1-31(24-6-5-21(33)15-25(24)34)45-27-4-2-3-23(28(27)46-31)18-7-10-42(11-8-18)17-26-19(14-22-9-12-47(22,43)44)13-20(16-38-26)29-39-30(41-40-29)32(35,36)37/h2-6,13,15-16,18,22H,7-12,14,17H2,1H3,(H,39,40,41)/t22?,31-/m0/s1. The van der Waals surface area contributed by atoms with E-state index < -0.39 is 38.7 Å². The van der Waals surface area contributed by atoms with E-state index in [4.69, 9.17) is 21.1 Å². The van der Waals surface area contributed by atoms with Crippen molar-refractivity contribution < 1.29 is 35.5 Å². The molecule has 2 aromatic carbocycles. The summed E-state index contributed by atoms with van der Waals surface area (Å²) in [6, 6.07) is 11.7. The van der Waals surface area contributed by atoms with Crippen LogP contribution in [0.2, 0.25) is 5.02 Å². The molecule has 3 aliphatic rings. The molecule has 0 spiro atoms. The number of halogens is 5. The molecule has 2 atom stereocenters. The predicted octanol–water partition coefficient (Wildman–Crippen LogP) is 6.43. The van der Waals surface area contributed by atoms with Gasteiger partial charge in [-0.25, -0.2) is 17.8 Å². The van der Waals surface area contributed by atoms with Crippen molar-refractivity contribution in [3.63, 3.8) is 0 Å². The van der Waals surface area contributed by atoms with Crippen LogP contribution < -0.4 is 9.47 Å². The van der Waals surface area contributed by atoms with E-state index >= 15 is 0 Å². The highest BCUT2D eigenvalue weighted by Gasteiger charge is 2.43. The van der Waals surface area contributed by atoms with Crippen LogP contribution in [0.5, 0.6) is 11.5 Å². The number of ether oxygens (including phenoxy) is 2. The number of likely N-dealkylation sites (tertiary alicyclic amines) is 1. The number of hydrogen-bond acceptors (Lipinski definition) is 8. The number of benzene rings is 2. The van der Waals surface area contributed by atoms with Crippen LogP contribution in [0.15, 0.2) is 48.7 Å². The number of nitrogens with zero attached hydrogens (tertiary/aromatic N) is 4. The van der Waals surface area contributed by atoms with Gasteiger partial charge in [-0.1, -0.05) is 23.7 Å². The molecule has 9 nitrogen and oxygen atoms in total. The number of para-hydroxylation sites is 1. The summed E-state index contributed by atoms with van der Waals surface area (Å²) in [5.74, 6) is -1.86. The summed E-state index contributed by atoms with van der Waals surface area (Å²) in [7, 11) is -3.21. The fourth-order valence-electron chi connectivity index (χ4n) is 6.50. The zero-order chi connectivity index (χ0) is 33.1. The van der Waals surface area contributed by atoms with E-state index in [1.807, 2.05) is 17.2 Å². The van der Waals surface area contributed by atoms with Gasteiger partial charge in [0.15, 0.2) is 27.2 Å².